The lowest BCUT2D eigenvalue weighted by atomic mass is 9.85. The van der Waals surface area contributed by atoms with E-state index in [1.54, 1.807) is 5.56 Å². The van der Waals surface area contributed by atoms with Crippen LogP contribution in [0.2, 0.25) is 0 Å². The van der Waals surface area contributed by atoms with Crippen molar-refractivity contribution < 1.29 is 0 Å². The van der Waals surface area contributed by atoms with E-state index in [2.05, 4.69) is 57.0 Å². The van der Waals surface area contributed by atoms with Gasteiger partial charge in [0.15, 0.2) is 0 Å². The normalized spacial score (nSPS) is 19.9. The second-order valence-electron chi connectivity index (χ2n) is 6.43. The molecule has 0 aromatic heterocycles. The molecule has 112 valence electrons. The maximum atomic E-state index is 3.47. The molecule has 1 aromatic carbocycles. The Bertz CT molecular complexity index is 424. The van der Waals surface area contributed by atoms with E-state index in [0.717, 1.165) is 13.1 Å². The third-order valence-corrected chi connectivity index (χ3v) is 4.76. The number of aryl methyl sites for hydroxylation is 3. The lowest BCUT2D eigenvalue weighted by Crippen LogP contribution is -2.47. The monoisotopic (exact) mass is 274 g/mol. The zero-order valence-electron chi connectivity index (χ0n) is 13.8. The largest absolute Gasteiger partial charge is 0.314 e. The highest BCUT2D eigenvalue weighted by Gasteiger charge is 2.28. The molecule has 0 bridgehead atoms. The minimum absolute atomic E-state index is 0.572. The molecule has 1 fully saturated rings. The Hall–Kier alpha value is -0.860. The van der Waals surface area contributed by atoms with Gasteiger partial charge in [0.05, 0.1) is 0 Å². The van der Waals surface area contributed by atoms with Crippen molar-refractivity contribution >= 4 is 0 Å². The minimum atomic E-state index is 0.572. The summed E-state index contributed by atoms with van der Waals surface area (Å²) in [5, 5.41) is 3.47. The van der Waals surface area contributed by atoms with Crippen molar-refractivity contribution in [3.05, 3.63) is 34.4 Å². The highest BCUT2D eigenvalue weighted by atomic mass is 15.2. The second kappa shape index (κ2) is 6.73. The third kappa shape index (κ3) is 3.24. The Morgan fingerprint density at radius 3 is 2.15 bits per heavy atom. The van der Waals surface area contributed by atoms with Gasteiger partial charge in [-0.25, -0.2) is 0 Å². The summed E-state index contributed by atoms with van der Waals surface area (Å²) >= 11 is 0. The molecule has 2 heteroatoms. The van der Waals surface area contributed by atoms with Crippen molar-refractivity contribution in [3.8, 4) is 0 Å². The van der Waals surface area contributed by atoms with Crippen molar-refractivity contribution in [2.24, 2.45) is 5.92 Å². The van der Waals surface area contributed by atoms with E-state index in [1.807, 2.05) is 0 Å². The molecule has 2 nitrogen and oxygen atoms in total. The van der Waals surface area contributed by atoms with Crippen LogP contribution in [0.15, 0.2) is 12.1 Å². The molecule has 0 radical (unpaired) electrons. The predicted molar refractivity (Wildman–Crippen MR) is 87.3 cm³/mol. The zero-order chi connectivity index (χ0) is 14.7. The first-order chi connectivity index (χ1) is 9.54. The van der Waals surface area contributed by atoms with E-state index in [0.29, 0.717) is 12.0 Å². The number of hydrogen-bond donors (Lipinski definition) is 1. The van der Waals surface area contributed by atoms with Gasteiger partial charge in [-0.15, -0.1) is 0 Å². The molecular formula is C18H30N2. The molecule has 1 N–H and O–H groups in total. The maximum absolute atomic E-state index is 3.47. The number of hydrogen-bond acceptors (Lipinski definition) is 2. The highest BCUT2D eigenvalue weighted by Crippen LogP contribution is 2.35. The molecule has 20 heavy (non-hydrogen) atoms. The van der Waals surface area contributed by atoms with Crippen LogP contribution in [0.3, 0.4) is 0 Å². The Morgan fingerprint density at radius 2 is 1.65 bits per heavy atom. The zero-order valence-corrected chi connectivity index (χ0v) is 13.8. The van der Waals surface area contributed by atoms with Crippen LogP contribution in [0.25, 0.3) is 0 Å². The molecule has 1 heterocycles. The molecule has 2 atom stereocenters. The molecule has 0 amide bonds. The van der Waals surface area contributed by atoms with Crippen molar-refractivity contribution in [2.75, 3.05) is 26.2 Å². The van der Waals surface area contributed by atoms with Gasteiger partial charge >= 0.3 is 0 Å². The summed E-state index contributed by atoms with van der Waals surface area (Å²) in [6.07, 6.45) is 1.24. The molecule has 0 saturated carbocycles. The standard InChI is InChI=1S/C18H30N2/c1-6-14(3)18(20-9-7-19-8-10-20)17-15(4)11-13(2)12-16(17)5/h11-12,14,18-19H,6-10H2,1-5H3/t14?,18-/m1/s1. The van der Waals surface area contributed by atoms with Gasteiger partial charge in [0, 0.05) is 32.2 Å². The molecule has 1 aromatic rings. The lowest BCUT2D eigenvalue weighted by Gasteiger charge is -2.40. The van der Waals surface area contributed by atoms with Gasteiger partial charge in [0.2, 0.25) is 0 Å². The van der Waals surface area contributed by atoms with Crippen LogP contribution < -0.4 is 5.32 Å². The van der Waals surface area contributed by atoms with Gasteiger partial charge in [-0.05, 0) is 43.4 Å². The number of benzene rings is 1. The third-order valence-electron chi connectivity index (χ3n) is 4.76. The van der Waals surface area contributed by atoms with Crippen LogP contribution in [0, 0.1) is 26.7 Å². The van der Waals surface area contributed by atoms with E-state index in [4.69, 9.17) is 0 Å². The Labute approximate surface area is 124 Å². The summed E-state index contributed by atoms with van der Waals surface area (Å²) in [6.45, 7) is 16.1. The average Bonchev–Trinajstić information content (AvgIpc) is 2.42. The summed E-state index contributed by atoms with van der Waals surface area (Å²) in [6, 6.07) is 5.27. The fourth-order valence-corrected chi connectivity index (χ4v) is 3.67. The van der Waals surface area contributed by atoms with E-state index >= 15 is 0 Å². The number of rotatable bonds is 4. The van der Waals surface area contributed by atoms with Crippen molar-refractivity contribution in [3.63, 3.8) is 0 Å². The molecule has 1 unspecified atom stereocenters. The summed E-state index contributed by atoms with van der Waals surface area (Å²) in [7, 11) is 0. The van der Waals surface area contributed by atoms with E-state index in [-0.39, 0.29) is 0 Å². The Kier molecular flexibility index (Phi) is 5.22. The molecule has 2 rings (SSSR count). The SMILES string of the molecule is CCC(C)[C@H](c1c(C)cc(C)cc1C)N1CCNCC1. The first-order valence-corrected chi connectivity index (χ1v) is 8.07. The quantitative estimate of drug-likeness (QED) is 0.902. The van der Waals surface area contributed by atoms with Crippen LogP contribution in [0.4, 0.5) is 0 Å². The van der Waals surface area contributed by atoms with Gasteiger partial charge in [0.1, 0.15) is 0 Å². The van der Waals surface area contributed by atoms with E-state index in [9.17, 15) is 0 Å². The summed E-state index contributed by atoms with van der Waals surface area (Å²) in [5.74, 6) is 0.702. The minimum Gasteiger partial charge on any atom is -0.314 e. The molecular weight excluding hydrogens is 244 g/mol. The fraction of sp³-hybridized carbons (Fsp3) is 0.667. The average molecular weight is 274 g/mol. The number of nitrogens with zero attached hydrogens (tertiary/aromatic N) is 1. The number of nitrogens with one attached hydrogen (secondary N) is 1. The van der Waals surface area contributed by atoms with Crippen LogP contribution in [0.1, 0.15) is 48.6 Å². The Balaban J connectivity index is 2.40. The van der Waals surface area contributed by atoms with Gasteiger partial charge in [0.25, 0.3) is 0 Å². The molecule has 1 aliphatic rings. The van der Waals surface area contributed by atoms with Crippen LogP contribution in [-0.2, 0) is 0 Å². The number of piperazine rings is 1. The highest BCUT2D eigenvalue weighted by molar-refractivity contribution is 5.40. The van der Waals surface area contributed by atoms with Crippen LogP contribution in [0.5, 0.6) is 0 Å². The van der Waals surface area contributed by atoms with Crippen molar-refractivity contribution in [2.45, 2.75) is 47.1 Å². The first-order valence-electron chi connectivity index (χ1n) is 8.07. The van der Waals surface area contributed by atoms with Crippen LogP contribution >= 0.6 is 0 Å². The lowest BCUT2D eigenvalue weighted by molar-refractivity contribution is 0.127. The van der Waals surface area contributed by atoms with Gasteiger partial charge in [-0.3, -0.25) is 4.90 Å². The van der Waals surface area contributed by atoms with E-state index < -0.39 is 0 Å². The van der Waals surface area contributed by atoms with Gasteiger partial charge in [-0.1, -0.05) is 38.0 Å². The summed E-state index contributed by atoms with van der Waals surface area (Å²) < 4.78 is 0. The van der Waals surface area contributed by atoms with E-state index in [1.165, 1.54) is 36.2 Å². The molecule has 1 saturated heterocycles. The smallest absolute Gasteiger partial charge is 0.0379 e. The predicted octanol–water partition coefficient (Wildman–Crippen LogP) is 3.60. The van der Waals surface area contributed by atoms with Crippen molar-refractivity contribution in [1.29, 1.82) is 0 Å². The second-order valence-corrected chi connectivity index (χ2v) is 6.43. The van der Waals surface area contributed by atoms with Gasteiger partial charge in [-0.2, -0.15) is 0 Å². The van der Waals surface area contributed by atoms with Gasteiger partial charge < -0.3 is 5.32 Å². The first kappa shape index (κ1) is 15.5. The van der Waals surface area contributed by atoms with Crippen LogP contribution in [-0.4, -0.2) is 31.1 Å². The maximum Gasteiger partial charge on any atom is 0.0379 e. The van der Waals surface area contributed by atoms with Crippen molar-refractivity contribution in [1.82, 2.24) is 10.2 Å². The summed E-state index contributed by atoms with van der Waals surface area (Å²) in [4.78, 5) is 2.69. The molecule has 0 spiro atoms. The topological polar surface area (TPSA) is 15.3 Å². The summed E-state index contributed by atoms with van der Waals surface area (Å²) in [5.41, 5.74) is 5.89. The fourth-order valence-electron chi connectivity index (χ4n) is 3.67. The Morgan fingerprint density at radius 1 is 1.10 bits per heavy atom. The molecule has 0 aliphatic carbocycles. The molecule has 1 aliphatic heterocycles.